The van der Waals surface area contributed by atoms with E-state index in [0.717, 1.165) is 13.1 Å². The summed E-state index contributed by atoms with van der Waals surface area (Å²) in [5.74, 6) is 0. The first-order chi connectivity index (χ1) is 9.72. The van der Waals surface area contributed by atoms with E-state index in [0.29, 0.717) is 6.04 Å². The molecule has 0 saturated carbocycles. The van der Waals surface area contributed by atoms with Gasteiger partial charge in [0.15, 0.2) is 0 Å². The van der Waals surface area contributed by atoms with E-state index < -0.39 is 0 Å². The molecule has 1 unspecified atom stereocenters. The zero-order valence-corrected chi connectivity index (χ0v) is 13.4. The van der Waals surface area contributed by atoms with Gasteiger partial charge in [0.05, 0.1) is 0 Å². The molecule has 0 amide bonds. The lowest BCUT2D eigenvalue weighted by Gasteiger charge is -2.31. The van der Waals surface area contributed by atoms with Crippen molar-refractivity contribution in [3.05, 3.63) is 29.3 Å². The number of hydrogen-bond acceptors (Lipinski definition) is 2. The first kappa shape index (κ1) is 15.4. The van der Waals surface area contributed by atoms with E-state index >= 15 is 0 Å². The average Bonchev–Trinajstić information content (AvgIpc) is 2.64. The van der Waals surface area contributed by atoms with Crippen molar-refractivity contribution >= 4 is 5.69 Å². The second kappa shape index (κ2) is 7.68. The summed E-state index contributed by atoms with van der Waals surface area (Å²) in [7, 11) is 0. The Morgan fingerprint density at radius 2 is 2.10 bits per heavy atom. The molecule has 1 aromatic rings. The number of benzene rings is 1. The van der Waals surface area contributed by atoms with Crippen LogP contribution in [0.1, 0.15) is 57.1 Å². The molecular weight excluding hydrogens is 244 g/mol. The van der Waals surface area contributed by atoms with Crippen LogP contribution >= 0.6 is 0 Å². The lowest BCUT2D eigenvalue weighted by atomic mass is 10.1. The molecule has 1 atom stereocenters. The minimum Gasteiger partial charge on any atom is -0.369 e. The van der Waals surface area contributed by atoms with Crippen molar-refractivity contribution in [3.8, 4) is 0 Å². The van der Waals surface area contributed by atoms with Crippen LogP contribution in [0.4, 0.5) is 5.69 Å². The van der Waals surface area contributed by atoms with Gasteiger partial charge in [-0.15, -0.1) is 0 Å². The maximum absolute atomic E-state index is 3.56. The maximum Gasteiger partial charge on any atom is 0.0414 e. The highest BCUT2D eigenvalue weighted by Gasteiger charge is 2.19. The molecule has 1 aromatic carbocycles. The molecule has 2 heteroatoms. The van der Waals surface area contributed by atoms with Crippen molar-refractivity contribution < 1.29 is 0 Å². The Kier molecular flexibility index (Phi) is 5.90. The minimum atomic E-state index is 0.671. The van der Waals surface area contributed by atoms with Crippen molar-refractivity contribution in [2.75, 3.05) is 18.0 Å². The Bertz CT molecular complexity index is 414. The van der Waals surface area contributed by atoms with Gasteiger partial charge in [-0.05, 0) is 51.3 Å². The summed E-state index contributed by atoms with van der Waals surface area (Å²) in [6, 6.07) is 7.62. The minimum absolute atomic E-state index is 0.671. The van der Waals surface area contributed by atoms with Gasteiger partial charge in [-0.3, -0.25) is 0 Å². The summed E-state index contributed by atoms with van der Waals surface area (Å²) in [5, 5.41) is 3.56. The van der Waals surface area contributed by atoms with Crippen LogP contribution in [0.15, 0.2) is 18.2 Å². The van der Waals surface area contributed by atoms with Gasteiger partial charge in [0, 0.05) is 24.8 Å². The third-order valence-corrected chi connectivity index (χ3v) is 4.34. The molecule has 1 fully saturated rings. The second-order valence-corrected chi connectivity index (χ2v) is 6.20. The largest absolute Gasteiger partial charge is 0.369 e. The average molecular weight is 274 g/mol. The van der Waals surface area contributed by atoms with Crippen molar-refractivity contribution in [1.29, 1.82) is 0 Å². The van der Waals surface area contributed by atoms with E-state index in [9.17, 15) is 0 Å². The first-order valence-corrected chi connectivity index (χ1v) is 8.29. The molecule has 1 heterocycles. The molecule has 0 spiro atoms. The molecule has 1 aliphatic rings. The Hall–Kier alpha value is -1.02. The number of anilines is 1. The van der Waals surface area contributed by atoms with Crippen molar-refractivity contribution in [3.63, 3.8) is 0 Å². The lowest BCUT2D eigenvalue weighted by molar-refractivity contribution is 0.610. The van der Waals surface area contributed by atoms with Crippen LogP contribution in [0, 0.1) is 6.92 Å². The summed E-state index contributed by atoms with van der Waals surface area (Å²) in [5.41, 5.74) is 4.28. The fourth-order valence-corrected chi connectivity index (χ4v) is 3.17. The highest BCUT2D eigenvalue weighted by Crippen LogP contribution is 2.28. The van der Waals surface area contributed by atoms with Crippen molar-refractivity contribution in [2.45, 2.75) is 65.5 Å². The van der Waals surface area contributed by atoms with Crippen molar-refractivity contribution in [1.82, 2.24) is 5.32 Å². The molecule has 1 N–H and O–H groups in total. The summed E-state index contributed by atoms with van der Waals surface area (Å²) in [4.78, 5) is 2.63. The molecule has 1 saturated heterocycles. The zero-order valence-electron chi connectivity index (χ0n) is 13.4. The molecular formula is C18H30N2. The smallest absolute Gasteiger partial charge is 0.0414 e. The van der Waals surface area contributed by atoms with E-state index in [2.05, 4.69) is 49.2 Å². The van der Waals surface area contributed by atoms with Gasteiger partial charge in [-0.25, -0.2) is 0 Å². The van der Waals surface area contributed by atoms with Crippen LogP contribution in [0.5, 0.6) is 0 Å². The van der Waals surface area contributed by atoms with Gasteiger partial charge in [0.1, 0.15) is 0 Å². The number of nitrogens with zero attached hydrogens (tertiary/aromatic N) is 1. The van der Waals surface area contributed by atoms with Crippen LogP contribution in [-0.2, 0) is 6.54 Å². The monoisotopic (exact) mass is 274 g/mol. The zero-order chi connectivity index (χ0) is 14.4. The Balaban J connectivity index is 2.19. The topological polar surface area (TPSA) is 15.3 Å². The molecule has 0 aliphatic carbocycles. The summed E-state index contributed by atoms with van der Waals surface area (Å²) in [6.45, 7) is 10.1. The fraction of sp³-hybridized carbons (Fsp3) is 0.667. The summed E-state index contributed by atoms with van der Waals surface area (Å²) < 4.78 is 0. The van der Waals surface area contributed by atoms with Crippen molar-refractivity contribution in [2.24, 2.45) is 0 Å². The number of aryl methyl sites for hydroxylation is 1. The highest BCUT2D eigenvalue weighted by molar-refractivity contribution is 5.55. The standard InChI is InChI=1S/C18H30N2/c1-4-11-19-14-17-13-15(2)9-10-18(17)20-12-7-5-6-8-16(20)3/h9-10,13,16,19H,4-8,11-12,14H2,1-3H3. The first-order valence-electron chi connectivity index (χ1n) is 8.29. The van der Waals surface area contributed by atoms with Gasteiger partial charge < -0.3 is 10.2 Å². The van der Waals surface area contributed by atoms with Crippen LogP contribution in [0.2, 0.25) is 0 Å². The quantitative estimate of drug-likeness (QED) is 0.807. The molecule has 20 heavy (non-hydrogen) atoms. The lowest BCUT2D eigenvalue weighted by Crippen LogP contribution is -2.33. The Morgan fingerprint density at radius 3 is 2.90 bits per heavy atom. The molecule has 1 aliphatic heterocycles. The fourth-order valence-electron chi connectivity index (χ4n) is 3.17. The van der Waals surface area contributed by atoms with Gasteiger partial charge >= 0.3 is 0 Å². The van der Waals surface area contributed by atoms with E-state index in [1.165, 1.54) is 55.5 Å². The second-order valence-electron chi connectivity index (χ2n) is 6.20. The summed E-state index contributed by atoms with van der Waals surface area (Å²) in [6.07, 6.45) is 6.63. The Labute approximate surface area is 124 Å². The normalized spacial score (nSPS) is 19.9. The Morgan fingerprint density at radius 1 is 1.25 bits per heavy atom. The van der Waals surface area contributed by atoms with E-state index in [1.54, 1.807) is 0 Å². The van der Waals surface area contributed by atoms with E-state index in [4.69, 9.17) is 0 Å². The molecule has 2 nitrogen and oxygen atoms in total. The van der Waals surface area contributed by atoms with Gasteiger partial charge in [0.25, 0.3) is 0 Å². The molecule has 0 radical (unpaired) electrons. The number of nitrogens with one attached hydrogen (secondary N) is 1. The predicted octanol–water partition coefficient (Wildman–Crippen LogP) is 4.26. The van der Waals surface area contributed by atoms with Crippen LogP contribution < -0.4 is 10.2 Å². The third kappa shape index (κ3) is 3.99. The van der Waals surface area contributed by atoms with Gasteiger partial charge in [-0.2, -0.15) is 0 Å². The highest BCUT2D eigenvalue weighted by atomic mass is 15.2. The van der Waals surface area contributed by atoms with E-state index in [-0.39, 0.29) is 0 Å². The van der Waals surface area contributed by atoms with Crippen LogP contribution in [0.3, 0.4) is 0 Å². The molecule has 0 bridgehead atoms. The third-order valence-electron chi connectivity index (χ3n) is 4.34. The van der Waals surface area contributed by atoms with Gasteiger partial charge in [-0.1, -0.05) is 37.5 Å². The predicted molar refractivity (Wildman–Crippen MR) is 88.5 cm³/mol. The summed E-state index contributed by atoms with van der Waals surface area (Å²) >= 11 is 0. The number of rotatable bonds is 5. The SMILES string of the molecule is CCCNCc1cc(C)ccc1N1CCCCCC1C. The van der Waals surface area contributed by atoms with Crippen LogP contribution in [0.25, 0.3) is 0 Å². The number of hydrogen-bond donors (Lipinski definition) is 1. The maximum atomic E-state index is 3.56. The van der Waals surface area contributed by atoms with Crippen LogP contribution in [-0.4, -0.2) is 19.1 Å². The molecule has 2 rings (SSSR count). The van der Waals surface area contributed by atoms with E-state index in [1.807, 2.05) is 0 Å². The van der Waals surface area contributed by atoms with Gasteiger partial charge in [0.2, 0.25) is 0 Å². The molecule has 112 valence electrons. The molecule has 0 aromatic heterocycles.